The van der Waals surface area contributed by atoms with E-state index < -0.39 is 11.7 Å². The molecule has 42 heavy (non-hydrogen) atoms. The molecule has 7 heterocycles. The van der Waals surface area contributed by atoms with Crippen LogP contribution in [0.5, 0.6) is 0 Å². The van der Waals surface area contributed by atoms with E-state index in [1.54, 1.807) is 11.0 Å². The third kappa shape index (κ3) is 4.72. The van der Waals surface area contributed by atoms with E-state index in [1.165, 1.54) is 11.8 Å². The Bertz CT molecular complexity index is 1560. The Labute approximate surface area is 248 Å². The van der Waals surface area contributed by atoms with Crippen molar-refractivity contribution in [1.82, 2.24) is 25.2 Å². The molecular formula is C28H28F3N7O2S2. The van der Waals surface area contributed by atoms with Crippen molar-refractivity contribution in [1.29, 1.82) is 0 Å². The van der Waals surface area contributed by atoms with Gasteiger partial charge in [-0.15, -0.1) is 23.1 Å². The van der Waals surface area contributed by atoms with E-state index in [0.29, 0.717) is 63.9 Å². The number of fused-ring (bicyclic) bond motifs is 3. The van der Waals surface area contributed by atoms with Gasteiger partial charge in [0.05, 0.1) is 41.2 Å². The number of hydrogen-bond donors (Lipinski definition) is 2. The average molecular weight is 616 g/mol. The lowest BCUT2D eigenvalue weighted by Gasteiger charge is -2.36. The number of nitrogens with one attached hydrogen (secondary N) is 2. The number of alkyl halides is 3. The van der Waals surface area contributed by atoms with E-state index in [1.807, 2.05) is 12.1 Å². The lowest BCUT2D eigenvalue weighted by Crippen LogP contribution is -2.52. The zero-order chi connectivity index (χ0) is 28.6. The van der Waals surface area contributed by atoms with Gasteiger partial charge in [-0.3, -0.25) is 4.79 Å². The van der Waals surface area contributed by atoms with Crippen LogP contribution in [0.2, 0.25) is 0 Å². The Hall–Kier alpha value is -2.94. The van der Waals surface area contributed by atoms with Crippen molar-refractivity contribution < 1.29 is 22.7 Å². The van der Waals surface area contributed by atoms with Gasteiger partial charge in [-0.25, -0.2) is 15.0 Å². The highest BCUT2D eigenvalue weighted by Gasteiger charge is 2.40. The minimum atomic E-state index is -4.66. The predicted octanol–water partition coefficient (Wildman–Crippen LogP) is 4.74. The zero-order valence-corrected chi connectivity index (χ0v) is 24.1. The van der Waals surface area contributed by atoms with Crippen LogP contribution < -0.4 is 15.5 Å². The first-order valence-corrected chi connectivity index (χ1v) is 16.0. The smallest absolute Gasteiger partial charge is 0.377 e. The Morgan fingerprint density at radius 3 is 2.67 bits per heavy atom. The van der Waals surface area contributed by atoms with Crippen molar-refractivity contribution in [3.8, 4) is 10.6 Å². The molecule has 2 N–H and O–H groups in total. The maximum Gasteiger partial charge on any atom is 0.420 e. The topological polar surface area (TPSA) is 95.5 Å². The summed E-state index contributed by atoms with van der Waals surface area (Å²) in [6.45, 7) is 3.43. The number of thiophene rings is 1. The van der Waals surface area contributed by atoms with E-state index in [-0.39, 0.29) is 23.6 Å². The number of rotatable bonds is 6. The summed E-state index contributed by atoms with van der Waals surface area (Å²) in [5, 5.41) is 6.69. The molecule has 1 saturated carbocycles. The van der Waals surface area contributed by atoms with E-state index in [0.717, 1.165) is 61.4 Å². The van der Waals surface area contributed by atoms with E-state index >= 15 is 0 Å². The molecule has 4 aliphatic heterocycles. The summed E-state index contributed by atoms with van der Waals surface area (Å²) in [6.07, 6.45) is -0.669. The summed E-state index contributed by atoms with van der Waals surface area (Å²) in [6, 6.07) is 6.52. The van der Waals surface area contributed by atoms with Gasteiger partial charge in [-0.05, 0) is 37.5 Å². The Balaban J connectivity index is 1.12. The van der Waals surface area contributed by atoms with Gasteiger partial charge in [-0.2, -0.15) is 13.2 Å². The Morgan fingerprint density at radius 2 is 1.98 bits per heavy atom. The number of carbonyl (C=O) groups excluding carboxylic acids is 1. The molecule has 2 atom stereocenters. The summed E-state index contributed by atoms with van der Waals surface area (Å²) in [5.41, 5.74) is 0.446. The first kappa shape index (κ1) is 26.7. The van der Waals surface area contributed by atoms with Gasteiger partial charge in [0.1, 0.15) is 16.3 Å². The molecule has 0 spiro atoms. The molecule has 1 amide bonds. The fraction of sp³-hybridized carbons (Fsp3) is 0.500. The Morgan fingerprint density at radius 1 is 1.12 bits per heavy atom. The molecule has 3 aromatic rings. The number of pyridine rings is 1. The number of ether oxygens (including phenoxy) is 1. The lowest BCUT2D eigenvalue weighted by molar-refractivity contribution is -0.137. The van der Waals surface area contributed by atoms with Crippen molar-refractivity contribution in [2.24, 2.45) is 0 Å². The molecule has 3 aromatic heterocycles. The fourth-order valence-electron chi connectivity index (χ4n) is 6.18. The minimum absolute atomic E-state index is 0.00753. The van der Waals surface area contributed by atoms with Crippen LogP contribution in [-0.2, 0) is 10.9 Å². The van der Waals surface area contributed by atoms with Gasteiger partial charge in [-0.1, -0.05) is 0 Å². The van der Waals surface area contributed by atoms with Crippen molar-refractivity contribution >= 4 is 46.5 Å². The number of amides is 1. The third-order valence-corrected chi connectivity index (χ3v) is 10.9. The fourth-order valence-corrected chi connectivity index (χ4v) is 8.50. The number of anilines is 3. The second-order valence-electron chi connectivity index (χ2n) is 11.4. The molecular weight excluding hydrogens is 587 g/mol. The second kappa shape index (κ2) is 10.1. The number of hydrogen-bond acceptors (Lipinski definition) is 10. The number of nitrogens with zero attached hydrogens (tertiary/aromatic N) is 5. The molecule has 0 aromatic carbocycles. The summed E-state index contributed by atoms with van der Waals surface area (Å²) in [5.74, 6) is 1.81. The van der Waals surface area contributed by atoms with Crippen LogP contribution in [0, 0.1) is 0 Å². The molecule has 5 aliphatic rings. The van der Waals surface area contributed by atoms with Crippen LogP contribution in [0.1, 0.15) is 46.1 Å². The molecule has 2 bridgehead atoms. The van der Waals surface area contributed by atoms with Crippen LogP contribution in [0.15, 0.2) is 29.3 Å². The van der Waals surface area contributed by atoms with Crippen molar-refractivity contribution in [2.45, 2.75) is 54.4 Å². The van der Waals surface area contributed by atoms with Crippen LogP contribution in [0.3, 0.4) is 0 Å². The number of aromatic nitrogens is 3. The quantitative estimate of drug-likeness (QED) is 0.408. The van der Waals surface area contributed by atoms with Crippen LogP contribution in [-0.4, -0.2) is 82.5 Å². The largest absolute Gasteiger partial charge is 0.420 e. The summed E-state index contributed by atoms with van der Waals surface area (Å²) in [7, 11) is 0. The minimum Gasteiger partial charge on any atom is -0.377 e. The Kier molecular flexibility index (Phi) is 6.39. The first-order chi connectivity index (χ1) is 20.3. The molecule has 4 fully saturated rings. The van der Waals surface area contributed by atoms with Crippen molar-refractivity contribution in [3.05, 3.63) is 40.5 Å². The molecule has 9 nitrogen and oxygen atoms in total. The summed E-state index contributed by atoms with van der Waals surface area (Å²) < 4.78 is 47.8. The normalized spacial score (nSPS) is 24.1. The monoisotopic (exact) mass is 615 g/mol. The van der Waals surface area contributed by atoms with Gasteiger partial charge >= 0.3 is 6.18 Å². The van der Waals surface area contributed by atoms with Crippen LogP contribution >= 0.6 is 23.1 Å². The molecule has 8 rings (SSSR count). The van der Waals surface area contributed by atoms with Crippen LogP contribution in [0.25, 0.3) is 10.6 Å². The second-order valence-corrected chi connectivity index (χ2v) is 13.6. The molecule has 0 radical (unpaired) electrons. The highest BCUT2D eigenvalue weighted by Crippen LogP contribution is 2.46. The number of thioether (sulfide) groups is 1. The lowest BCUT2D eigenvalue weighted by atomic mass is 10.2. The molecule has 14 heteroatoms. The SMILES string of the molecule is O=C1c2sc(-c3nc(Nc4ccc(N5C[C@H]6C[C@@H]5CN6)nc4C4CC4)ncc3C(F)(F)F)cc2SCCN1C1COC1. The average Bonchev–Trinajstić information content (AvgIpc) is 3.39. The maximum atomic E-state index is 14.2. The third-order valence-electron chi connectivity index (χ3n) is 8.60. The van der Waals surface area contributed by atoms with Crippen molar-refractivity contribution in [2.75, 3.05) is 48.8 Å². The maximum absolute atomic E-state index is 14.2. The van der Waals surface area contributed by atoms with E-state index in [9.17, 15) is 18.0 Å². The summed E-state index contributed by atoms with van der Waals surface area (Å²) in [4.78, 5) is 32.4. The number of carbonyl (C=O) groups is 1. The van der Waals surface area contributed by atoms with E-state index in [4.69, 9.17) is 9.72 Å². The van der Waals surface area contributed by atoms with Gasteiger partial charge in [0, 0.05) is 54.5 Å². The first-order valence-electron chi connectivity index (χ1n) is 14.2. The molecule has 1 aliphatic carbocycles. The van der Waals surface area contributed by atoms with Gasteiger partial charge < -0.3 is 25.2 Å². The number of halogens is 3. The molecule has 220 valence electrons. The van der Waals surface area contributed by atoms with Gasteiger partial charge in [0.25, 0.3) is 5.91 Å². The van der Waals surface area contributed by atoms with Gasteiger partial charge in [0.2, 0.25) is 5.95 Å². The van der Waals surface area contributed by atoms with Gasteiger partial charge in [0.15, 0.2) is 0 Å². The van der Waals surface area contributed by atoms with Crippen LogP contribution in [0.4, 0.5) is 30.6 Å². The molecule has 0 unspecified atom stereocenters. The molecule has 3 saturated heterocycles. The van der Waals surface area contributed by atoms with E-state index in [2.05, 4.69) is 25.5 Å². The summed E-state index contributed by atoms with van der Waals surface area (Å²) >= 11 is 2.54. The highest BCUT2D eigenvalue weighted by molar-refractivity contribution is 7.99. The highest BCUT2D eigenvalue weighted by atomic mass is 32.2. The van der Waals surface area contributed by atoms with Crippen molar-refractivity contribution in [3.63, 3.8) is 0 Å². The number of piperazine rings is 1. The zero-order valence-electron chi connectivity index (χ0n) is 22.5. The predicted molar refractivity (Wildman–Crippen MR) is 154 cm³/mol. The standard InChI is InChI=1S/C28H28F3N7O2S2/c29-28(30,31)18-10-33-27(34-19-3-4-22(35-23(19)14-1-2-14)38-11-15-7-16(38)9-32-15)36-24(18)20-8-21-25(42-20)26(39)37(5-6-41-21)17-12-40-13-17/h3-4,8,10,14-17,32H,1-2,5-7,9,11-13H2,(H,33,34,36)/t15-,16-/m1/s1.